The van der Waals surface area contributed by atoms with Crippen LogP contribution in [0.25, 0.3) is 0 Å². The van der Waals surface area contributed by atoms with E-state index < -0.39 is 0 Å². The van der Waals surface area contributed by atoms with Gasteiger partial charge in [-0.2, -0.15) is 0 Å². The number of carbonyl (C=O) groups excluding carboxylic acids is 1. The van der Waals surface area contributed by atoms with Crippen LogP contribution in [0.4, 0.5) is 0 Å². The number of amides is 1. The summed E-state index contributed by atoms with van der Waals surface area (Å²) in [5, 5.41) is 4.53. The van der Waals surface area contributed by atoms with Crippen LogP contribution in [0.3, 0.4) is 0 Å². The number of rotatable bonds is 6. The van der Waals surface area contributed by atoms with Gasteiger partial charge in [-0.3, -0.25) is 10.1 Å². The van der Waals surface area contributed by atoms with E-state index in [1.807, 2.05) is 6.92 Å². The molecule has 1 aromatic rings. The third kappa shape index (κ3) is 4.56. The highest BCUT2D eigenvalue weighted by Gasteiger charge is 2.25. The summed E-state index contributed by atoms with van der Waals surface area (Å²) in [6.45, 7) is 10.5. The van der Waals surface area contributed by atoms with Gasteiger partial charge in [-0.15, -0.1) is 11.3 Å². The monoisotopic (exact) mass is 297 g/mol. The average molecular weight is 297 g/mol. The van der Waals surface area contributed by atoms with Crippen LogP contribution in [0, 0.1) is 19.8 Å². The molecule has 1 aromatic heterocycles. The maximum absolute atomic E-state index is 12.3. The standard InChI is InChI=1S/C15H27N3OS/c1-9(2)8-13(15(19)18(6)7)16-10(3)14-11(4)20-12(5)17-14/h9-10,13,16H,8H2,1-7H3. The van der Waals surface area contributed by atoms with Crippen molar-refractivity contribution in [2.75, 3.05) is 14.1 Å². The van der Waals surface area contributed by atoms with Gasteiger partial charge in [-0.05, 0) is 33.1 Å². The number of likely N-dealkylation sites (N-methyl/N-ethyl adjacent to an activating group) is 1. The molecule has 1 rings (SSSR count). The Morgan fingerprint density at radius 2 is 1.90 bits per heavy atom. The number of carbonyl (C=O) groups is 1. The van der Waals surface area contributed by atoms with E-state index in [1.165, 1.54) is 4.88 Å². The zero-order chi connectivity index (χ0) is 15.4. The third-order valence-corrected chi connectivity index (χ3v) is 4.15. The summed E-state index contributed by atoms with van der Waals surface area (Å²) in [6.07, 6.45) is 0.837. The number of hydrogen-bond acceptors (Lipinski definition) is 4. The van der Waals surface area contributed by atoms with Gasteiger partial charge in [0.2, 0.25) is 5.91 Å². The lowest BCUT2D eigenvalue weighted by atomic mass is 10.0. The number of aryl methyl sites for hydroxylation is 2. The van der Waals surface area contributed by atoms with E-state index in [4.69, 9.17) is 0 Å². The third-order valence-electron chi connectivity index (χ3n) is 3.25. The van der Waals surface area contributed by atoms with Gasteiger partial charge in [-0.1, -0.05) is 13.8 Å². The Kier molecular flexibility index (Phi) is 6.14. The molecule has 0 radical (unpaired) electrons. The van der Waals surface area contributed by atoms with E-state index in [-0.39, 0.29) is 18.0 Å². The van der Waals surface area contributed by atoms with E-state index in [9.17, 15) is 4.79 Å². The minimum absolute atomic E-state index is 0.0904. The molecule has 0 aliphatic heterocycles. The summed E-state index contributed by atoms with van der Waals surface area (Å²) >= 11 is 1.71. The van der Waals surface area contributed by atoms with Gasteiger partial charge in [0, 0.05) is 25.0 Å². The van der Waals surface area contributed by atoms with Crippen LogP contribution >= 0.6 is 11.3 Å². The first-order chi connectivity index (χ1) is 9.22. The Balaban J connectivity index is 2.83. The predicted octanol–water partition coefficient (Wildman–Crippen LogP) is 2.91. The summed E-state index contributed by atoms with van der Waals surface area (Å²) < 4.78 is 0. The zero-order valence-electron chi connectivity index (χ0n) is 13.7. The largest absolute Gasteiger partial charge is 0.347 e. The van der Waals surface area contributed by atoms with Crippen molar-refractivity contribution in [3.63, 3.8) is 0 Å². The van der Waals surface area contributed by atoms with Crippen molar-refractivity contribution in [3.8, 4) is 0 Å². The second-order valence-electron chi connectivity index (χ2n) is 5.98. The quantitative estimate of drug-likeness (QED) is 0.878. The van der Waals surface area contributed by atoms with Crippen molar-refractivity contribution in [1.82, 2.24) is 15.2 Å². The van der Waals surface area contributed by atoms with Gasteiger partial charge in [0.1, 0.15) is 0 Å². The van der Waals surface area contributed by atoms with Crippen LogP contribution in [-0.4, -0.2) is 35.9 Å². The molecule has 0 bridgehead atoms. The number of aromatic nitrogens is 1. The van der Waals surface area contributed by atoms with Crippen molar-refractivity contribution in [3.05, 3.63) is 15.6 Å². The Morgan fingerprint density at radius 1 is 1.30 bits per heavy atom. The molecule has 0 spiro atoms. The number of nitrogens with zero attached hydrogens (tertiary/aromatic N) is 2. The Morgan fingerprint density at radius 3 is 2.30 bits per heavy atom. The topological polar surface area (TPSA) is 45.2 Å². The van der Waals surface area contributed by atoms with Crippen molar-refractivity contribution in [1.29, 1.82) is 0 Å². The molecule has 2 unspecified atom stereocenters. The minimum atomic E-state index is -0.151. The number of hydrogen-bond donors (Lipinski definition) is 1. The average Bonchev–Trinajstić information content (AvgIpc) is 2.65. The second-order valence-corrected chi connectivity index (χ2v) is 7.38. The zero-order valence-corrected chi connectivity index (χ0v) is 14.5. The van der Waals surface area contributed by atoms with Crippen molar-refractivity contribution >= 4 is 17.2 Å². The maximum Gasteiger partial charge on any atom is 0.239 e. The lowest BCUT2D eigenvalue weighted by Gasteiger charge is -2.26. The summed E-state index contributed by atoms with van der Waals surface area (Å²) in [5.41, 5.74) is 1.06. The van der Waals surface area contributed by atoms with Crippen molar-refractivity contribution in [2.45, 2.75) is 53.1 Å². The molecule has 1 amide bonds. The maximum atomic E-state index is 12.3. The van der Waals surface area contributed by atoms with E-state index in [2.05, 4.69) is 38.0 Å². The predicted molar refractivity (Wildman–Crippen MR) is 85.1 cm³/mol. The van der Waals surface area contributed by atoms with Gasteiger partial charge in [0.15, 0.2) is 0 Å². The lowest BCUT2D eigenvalue weighted by Crippen LogP contribution is -2.45. The van der Waals surface area contributed by atoms with Gasteiger partial charge in [0.25, 0.3) is 0 Å². The molecule has 1 N–H and O–H groups in total. The molecule has 0 aromatic carbocycles. The van der Waals surface area contributed by atoms with Crippen molar-refractivity contribution < 1.29 is 4.79 Å². The van der Waals surface area contributed by atoms with Crippen LogP contribution in [-0.2, 0) is 4.79 Å². The summed E-state index contributed by atoms with van der Waals surface area (Å²) in [4.78, 5) is 19.7. The second kappa shape index (κ2) is 7.18. The summed E-state index contributed by atoms with van der Waals surface area (Å²) in [5.74, 6) is 0.608. The molecule has 0 aliphatic rings. The fourth-order valence-corrected chi connectivity index (χ4v) is 3.26. The fourth-order valence-electron chi connectivity index (χ4n) is 2.35. The normalized spacial score (nSPS) is 14.4. The molecule has 0 saturated carbocycles. The number of nitrogens with one attached hydrogen (secondary N) is 1. The highest BCUT2D eigenvalue weighted by molar-refractivity contribution is 7.11. The molecule has 5 heteroatoms. The molecular formula is C15H27N3OS. The highest BCUT2D eigenvalue weighted by Crippen LogP contribution is 2.23. The van der Waals surface area contributed by atoms with Crippen LogP contribution in [0.2, 0.25) is 0 Å². The Bertz CT molecular complexity index is 454. The highest BCUT2D eigenvalue weighted by atomic mass is 32.1. The van der Waals surface area contributed by atoms with Gasteiger partial charge >= 0.3 is 0 Å². The number of thiazole rings is 1. The van der Waals surface area contributed by atoms with Crippen LogP contribution < -0.4 is 5.32 Å². The summed E-state index contributed by atoms with van der Waals surface area (Å²) in [7, 11) is 3.61. The van der Waals surface area contributed by atoms with E-state index in [0.29, 0.717) is 5.92 Å². The fraction of sp³-hybridized carbons (Fsp3) is 0.733. The molecule has 0 fully saturated rings. The van der Waals surface area contributed by atoms with Gasteiger partial charge < -0.3 is 4.90 Å². The molecule has 2 atom stereocenters. The minimum Gasteiger partial charge on any atom is -0.347 e. The molecule has 1 heterocycles. The molecular weight excluding hydrogens is 270 g/mol. The van der Waals surface area contributed by atoms with Gasteiger partial charge in [-0.25, -0.2) is 4.98 Å². The lowest BCUT2D eigenvalue weighted by molar-refractivity contribution is -0.131. The smallest absolute Gasteiger partial charge is 0.239 e. The van der Waals surface area contributed by atoms with E-state index >= 15 is 0 Å². The molecule has 20 heavy (non-hydrogen) atoms. The first kappa shape index (κ1) is 17.1. The Hall–Kier alpha value is -0.940. The van der Waals surface area contributed by atoms with Crippen LogP contribution in [0.1, 0.15) is 48.8 Å². The molecule has 0 saturated heterocycles. The SMILES string of the molecule is Cc1nc(C(C)NC(CC(C)C)C(=O)N(C)C)c(C)s1. The molecule has 114 valence electrons. The molecule has 4 nitrogen and oxygen atoms in total. The van der Waals surface area contributed by atoms with Crippen molar-refractivity contribution in [2.24, 2.45) is 5.92 Å². The van der Waals surface area contributed by atoms with Gasteiger partial charge in [0.05, 0.1) is 16.7 Å². The first-order valence-electron chi connectivity index (χ1n) is 7.13. The molecule has 0 aliphatic carbocycles. The van der Waals surface area contributed by atoms with E-state index in [1.54, 1.807) is 30.3 Å². The summed E-state index contributed by atoms with van der Waals surface area (Å²) in [6, 6.07) is -0.0611. The van der Waals surface area contributed by atoms with Crippen LogP contribution in [0.15, 0.2) is 0 Å². The Labute approximate surface area is 126 Å². The van der Waals surface area contributed by atoms with E-state index in [0.717, 1.165) is 17.1 Å². The first-order valence-corrected chi connectivity index (χ1v) is 7.95. The van der Waals surface area contributed by atoms with Crippen LogP contribution in [0.5, 0.6) is 0 Å².